The van der Waals surface area contributed by atoms with E-state index in [-0.39, 0.29) is 17.5 Å². The third-order valence-electron chi connectivity index (χ3n) is 3.73. The van der Waals surface area contributed by atoms with Gasteiger partial charge in [0.2, 0.25) is 17.1 Å². The molecule has 0 radical (unpaired) electrons. The second kappa shape index (κ2) is 6.31. The van der Waals surface area contributed by atoms with E-state index >= 15 is 0 Å². The van der Waals surface area contributed by atoms with E-state index in [4.69, 9.17) is 16.1 Å². The summed E-state index contributed by atoms with van der Waals surface area (Å²) in [4.78, 5) is 24.7. The number of piperazine rings is 1. The number of anilines is 1. The minimum absolute atomic E-state index is 0.0295. The summed E-state index contributed by atoms with van der Waals surface area (Å²) in [7, 11) is 0. The Morgan fingerprint density at radius 1 is 1.27 bits per heavy atom. The smallest absolute Gasteiger partial charge is 0.229 e. The van der Waals surface area contributed by atoms with Gasteiger partial charge in [0.15, 0.2) is 0 Å². The fraction of sp³-hybridized carbons (Fsp3) is 0.429. The summed E-state index contributed by atoms with van der Waals surface area (Å²) < 4.78 is 4.88. The molecule has 0 aromatic carbocycles. The van der Waals surface area contributed by atoms with Crippen LogP contribution in [-0.4, -0.2) is 52.1 Å². The molecule has 8 heteroatoms. The Hall–Kier alpha value is -2.15. The van der Waals surface area contributed by atoms with E-state index in [1.165, 1.54) is 0 Å². The van der Waals surface area contributed by atoms with Crippen LogP contribution in [0.1, 0.15) is 11.3 Å². The lowest BCUT2D eigenvalue weighted by atomic mass is 10.1. The van der Waals surface area contributed by atoms with Gasteiger partial charge in [0.1, 0.15) is 0 Å². The molecule has 3 rings (SSSR count). The van der Waals surface area contributed by atoms with Crippen molar-refractivity contribution in [3.63, 3.8) is 0 Å². The van der Waals surface area contributed by atoms with Crippen molar-refractivity contribution in [2.75, 3.05) is 31.1 Å². The van der Waals surface area contributed by atoms with E-state index < -0.39 is 0 Å². The number of halogens is 1. The molecule has 0 atom stereocenters. The molecule has 2 aromatic rings. The molecule has 0 spiro atoms. The predicted octanol–water partition coefficient (Wildman–Crippen LogP) is 1.32. The van der Waals surface area contributed by atoms with E-state index in [0.29, 0.717) is 43.4 Å². The van der Waals surface area contributed by atoms with E-state index in [1.54, 1.807) is 25.4 Å². The molecule has 0 N–H and O–H groups in total. The van der Waals surface area contributed by atoms with Crippen molar-refractivity contribution < 1.29 is 9.32 Å². The number of aromatic nitrogens is 3. The predicted molar refractivity (Wildman–Crippen MR) is 80.8 cm³/mol. The Balaban J connectivity index is 1.58. The maximum absolute atomic E-state index is 12.4. The van der Waals surface area contributed by atoms with Gasteiger partial charge in [-0.3, -0.25) is 4.79 Å². The van der Waals surface area contributed by atoms with E-state index in [1.807, 2.05) is 4.90 Å². The Kier molecular flexibility index (Phi) is 4.24. The summed E-state index contributed by atoms with van der Waals surface area (Å²) in [5.41, 5.74) is 1.33. The minimum atomic E-state index is 0.0295. The molecule has 1 aliphatic rings. The van der Waals surface area contributed by atoms with Crippen molar-refractivity contribution in [2.45, 2.75) is 13.3 Å². The highest BCUT2D eigenvalue weighted by Crippen LogP contribution is 2.20. The zero-order chi connectivity index (χ0) is 15.5. The molecule has 1 fully saturated rings. The van der Waals surface area contributed by atoms with Crippen LogP contribution in [0.5, 0.6) is 0 Å². The summed E-state index contributed by atoms with van der Waals surface area (Å²) >= 11 is 5.91. The van der Waals surface area contributed by atoms with Crippen molar-refractivity contribution in [3.8, 4) is 0 Å². The lowest BCUT2D eigenvalue weighted by Crippen LogP contribution is -2.49. The van der Waals surface area contributed by atoms with Crippen LogP contribution in [-0.2, 0) is 11.2 Å². The number of nitrogens with zero attached hydrogens (tertiary/aromatic N) is 5. The Morgan fingerprint density at radius 3 is 2.55 bits per heavy atom. The van der Waals surface area contributed by atoms with Gasteiger partial charge in [-0.15, -0.1) is 0 Å². The number of hydrogen-bond donors (Lipinski definition) is 0. The van der Waals surface area contributed by atoms with Gasteiger partial charge in [-0.2, -0.15) is 0 Å². The fourth-order valence-electron chi connectivity index (χ4n) is 2.43. The molecular formula is C14H16ClN5O2. The maximum Gasteiger partial charge on any atom is 0.229 e. The topological polar surface area (TPSA) is 75.4 Å². The van der Waals surface area contributed by atoms with Gasteiger partial charge in [-0.1, -0.05) is 5.16 Å². The normalized spacial score (nSPS) is 15.2. The first-order valence-electron chi connectivity index (χ1n) is 7.05. The third kappa shape index (κ3) is 3.04. The zero-order valence-corrected chi connectivity index (χ0v) is 13.0. The first-order valence-corrected chi connectivity index (χ1v) is 7.43. The SMILES string of the molecule is Cc1noc(Cl)c1CC(=O)N1CCN(c2ncccn2)CC1. The van der Waals surface area contributed by atoms with Crippen LogP contribution in [0.4, 0.5) is 5.95 Å². The Labute approximate surface area is 132 Å². The highest BCUT2D eigenvalue weighted by Gasteiger charge is 2.24. The molecule has 22 heavy (non-hydrogen) atoms. The highest BCUT2D eigenvalue weighted by molar-refractivity contribution is 6.29. The van der Waals surface area contributed by atoms with Gasteiger partial charge in [0, 0.05) is 44.1 Å². The molecule has 1 amide bonds. The van der Waals surface area contributed by atoms with Crippen LogP contribution in [0.2, 0.25) is 5.22 Å². The Bertz CT molecular complexity index is 633. The molecule has 1 saturated heterocycles. The van der Waals surface area contributed by atoms with E-state index in [9.17, 15) is 4.79 Å². The average Bonchev–Trinajstić information content (AvgIpc) is 2.88. The second-order valence-corrected chi connectivity index (χ2v) is 5.46. The van der Waals surface area contributed by atoms with Crippen LogP contribution in [0.25, 0.3) is 0 Å². The van der Waals surface area contributed by atoms with Gasteiger partial charge in [0.05, 0.1) is 12.1 Å². The van der Waals surface area contributed by atoms with Crippen molar-refractivity contribution in [2.24, 2.45) is 0 Å². The molecule has 0 unspecified atom stereocenters. The number of carbonyl (C=O) groups is 1. The van der Waals surface area contributed by atoms with Crippen LogP contribution in [0.3, 0.4) is 0 Å². The minimum Gasteiger partial charge on any atom is -0.344 e. The number of hydrogen-bond acceptors (Lipinski definition) is 6. The third-order valence-corrected chi connectivity index (χ3v) is 4.03. The van der Waals surface area contributed by atoms with Crippen LogP contribution in [0.15, 0.2) is 23.0 Å². The van der Waals surface area contributed by atoms with Gasteiger partial charge in [-0.05, 0) is 24.6 Å². The first-order chi connectivity index (χ1) is 10.6. The largest absolute Gasteiger partial charge is 0.344 e. The molecular weight excluding hydrogens is 306 g/mol. The van der Waals surface area contributed by atoms with E-state index in [2.05, 4.69) is 20.0 Å². The molecule has 2 aromatic heterocycles. The number of carbonyl (C=O) groups excluding carboxylic acids is 1. The molecule has 0 saturated carbocycles. The first kappa shape index (κ1) is 14.8. The Morgan fingerprint density at radius 2 is 1.95 bits per heavy atom. The number of aryl methyl sites for hydroxylation is 1. The highest BCUT2D eigenvalue weighted by atomic mass is 35.5. The summed E-state index contributed by atoms with van der Waals surface area (Å²) in [6.45, 7) is 4.49. The van der Waals surface area contributed by atoms with E-state index in [0.717, 1.165) is 0 Å². The second-order valence-electron chi connectivity index (χ2n) is 5.11. The molecule has 0 bridgehead atoms. The lowest BCUT2D eigenvalue weighted by Gasteiger charge is -2.34. The standard InChI is InChI=1S/C14H16ClN5O2/c1-10-11(13(15)22-18-10)9-12(21)19-5-7-20(8-6-19)14-16-3-2-4-17-14/h2-4H,5-9H2,1H3. The molecule has 0 aliphatic carbocycles. The monoisotopic (exact) mass is 321 g/mol. The van der Waals surface area contributed by atoms with Crippen molar-refractivity contribution in [1.82, 2.24) is 20.0 Å². The summed E-state index contributed by atoms with van der Waals surface area (Å²) in [5, 5.41) is 3.96. The van der Waals surface area contributed by atoms with Crippen LogP contribution in [0, 0.1) is 6.92 Å². The molecule has 7 nitrogen and oxygen atoms in total. The summed E-state index contributed by atoms with van der Waals surface area (Å²) in [6.07, 6.45) is 3.66. The van der Waals surface area contributed by atoms with Crippen LogP contribution >= 0.6 is 11.6 Å². The van der Waals surface area contributed by atoms with Gasteiger partial charge in [-0.25, -0.2) is 9.97 Å². The number of amides is 1. The van der Waals surface area contributed by atoms with Crippen LogP contribution < -0.4 is 4.90 Å². The maximum atomic E-state index is 12.4. The summed E-state index contributed by atoms with van der Waals surface area (Å²) in [5.74, 6) is 0.731. The summed E-state index contributed by atoms with van der Waals surface area (Å²) in [6, 6.07) is 1.79. The molecule has 116 valence electrons. The van der Waals surface area contributed by atoms with Crippen molar-refractivity contribution in [3.05, 3.63) is 34.9 Å². The molecule has 1 aliphatic heterocycles. The average molecular weight is 322 g/mol. The number of rotatable bonds is 3. The van der Waals surface area contributed by atoms with Gasteiger partial charge < -0.3 is 14.3 Å². The van der Waals surface area contributed by atoms with Gasteiger partial charge >= 0.3 is 0 Å². The molecule has 3 heterocycles. The van der Waals surface area contributed by atoms with Gasteiger partial charge in [0.25, 0.3) is 0 Å². The van der Waals surface area contributed by atoms with Crippen molar-refractivity contribution >= 4 is 23.5 Å². The zero-order valence-electron chi connectivity index (χ0n) is 12.2. The lowest BCUT2D eigenvalue weighted by molar-refractivity contribution is -0.130. The quantitative estimate of drug-likeness (QED) is 0.848. The fourth-order valence-corrected chi connectivity index (χ4v) is 2.67. The van der Waals surface area contributed by atoms with Crippen molar-refractivity contribution in [1.29, 1.82) is 0 Å².